The van der Waals surface area contributed by atoms with Gasteiger partial charge in [0.15, 0.2) is 0 Å². The van der Waals surface area contributed by atoms with E-state index < -0.39 is 5.60 Å². The van der Waals surface area contributed by atoms with Crippen molar-refractivity contribution in [2.75, 3.05) is 26.3 Å². The van der Waals surface area contributed by atoms with E-state index in [1.54, 1.807) is 4.90 Å². The van der Waals surface area contributed by atoms with E-state index in [0.717, 1.165) is 49.8 Å². The Morgan fingerprint density at radius 3 is 2.10 bits per heavy atom. The number of likely N-dealkylation sites (tertiary alicyclic amines) is 1. The summed E-state index contributed by atoms with van der Waals surface area (Å²) in [6.07, 6.45) is 4.36. The predicted molar refractivity (Wildman–Crippen MR) is 115 cm³/mol. The number of nitrogens with zero attached hydrogens (tertiary/aromatic N) is 1. The van der Waals surface area contributed by atoms with Crippen LogP contribution in [0.1, 0.15) is 43.2 Å². The number of rotatable bonds is 5. The van der Waals surface area contributed by atoms with Crippen LogP contribution in [-0.2, 0) is 15.1 Å². The highest BCUT2D eigenvalue weighted by atomic mass is 16.6. The maximum atomic E-state index is 12.5. The molecular formula is C25H31NO4. The zero-order chi connectivity index (χ0) is 20.8. The van der Waals surface area contributed by atoms with Crippen LogP contribution in [0.3, 0.4) is 0 Å². The molecule has 0 aliphatic carbocycles. The second kappa shape index (κ2) is 9.63. The van der Waals surface area contributed by atoms with Crippen molar-refractivity contribution in [1.82, 2.24) is 4.90 Å². The molecule has 160 valence electrons. The van der Waals surface area contributed by atoms with Gasteiger partial charge in [-0.25, -0.2) is 4.79 Å². The fourth-order valence-electron chi connectivity index (χ4n) is 4.70. The lowest BCUT2D eigenvalue weighted by Gasteiger charge is -2.42. The van der Waals surface area contributed by atoms with Crippen LogP contribution in [0.25, 0.3) is 0 Å². The van der Waals surface area contributed by atoms with Crippen molar-refractivity contribution in [3.05, 3.63) is 71.8 Å². The minimum Gasteiger partial charge on any atom is -0.447 e. The van der Waals surface area contributed by atoms with Crippen molar-refractivity contribution in [1.29, 1.82) is 0 Å². The van der Waals surface area contributed by atoms with E-state index in [9.17, 15) is 9.90 Å². The topological polar surface area (TPSA) is 59.0 Å². The van der Waals surface area contributed by atoms with Gasteiger partial charge in [0.05, 0.1) is 6.10 Å². The quantitative estimate of drug-likeness (QED) is 0.798. The molecule has 5 heteroatoms. The Hall–Kier alpha value is -2.37. The Kier molecular flexibility index (Phi) is 6.70. The van der Waals surface area contributed by atoms with Crippen molar-refractivity contribution in [2.24, 2.45) is 5.92 Å². The first kappa shape index (κ1) is 20.9. The van der Waals surface area contributed by atoms with Crippen LogP contribution >= 0.6 is 0 Å². The van der Waals surface area contributed by atoms with Gasteiger partial charge in [0.25, 0.3) is 0 Å². The van der Waals surface area contributed by atoms with Crippen LogP contribution < -0.4 is 0 Å². The maximum absolute atomic E-state index is 12.5. The van der Waals surface area contributed by atoms with Gasteiger partial charge in [-0.15, -0.1) is 0 Å². The normalized spacial score (nSPS) is 20.7. The molecule has 2 saturated heterocycles. The molecule has 1 unspecified atom stereocenters. The third kappa shape index (κ3) is 4.52. The van der Waals surface area contributed by atoms with Gasteiger partial charge in [-0.05, 0) is 49.1 Å². The second-order valence-corrected chi connectivity index (χ2v) is 8.33. The smallest absolute Gasteiger partial charge is 0.409 e. The molecule has 2 aliphatic heterocycles. The molecule has 2 aromatic carbocycles. The Morgan fingerprint density at radius 1 is 0.967 bits per heavy atom. The van der Waals surface area contributed by atoms with Gasteiger partial charge in [-0.3, -0.25) is 0 Å². The molecule has 0 aromatic heterocycles. The van der Waals surface area contributed by atoms with Gasteiger partial charge in [0, 0.05) is 19.7 Å². The van der Waals surface area contributed by atoms with E-state index in [2.05, 4.69) is 0 Å². The third-order valence-corrected chi connectivity index (χ3v) is 6.44. The number of piperidine rings is 1. The number of ether oxygens (including phenoxy) is 2. The summed E-state index contributed by atoms with van der Waals surface area (Å²) in [4.78, 5) is 14.3. The molecule has 1 atom stereocenters. The standard InChI is InChI=1S/C25H31NO4/c27-24(30-19-23-13-7-8-18-29-23)26-16-14-22(15-17-26)25(28,20-9-3-1-4-10-20)21-11-5-2-6-12-21/h1-6,9-12,22-23,28H,7-8,13-19H2. The SMILES string of the molecule is O=C(OCC1CCCCO1)N1CCC(C(O)(c2ccccc2)c2ccccc2)CC1. The van der Waals surface area contributed by atoms with Gasteiger partial charge >= 0.3 is 6.09 Å². The summed E-state index contributed by atoms with van der Waals surface area (Å²) in [7, 11) is 0. The van der Waals surface area contributed by atoms with E-state index in [4.69, 9.17) is 9.47 Å². The van der Waals surface area contributed by atoms with Gasteiger partial charge in [0.2, 0.25) is 0 Å². The summed E-state index contributed by atoms with van der Waals surface area (Å²) in [5.74, 6) is 0.0213. The van der Waals surface area contributed by atoms with Crippen molar-refractivity contribution in [2.45, 2.75) is 43.8 Å². The third-order valence-electron chi connectivity index (χ3n) is 6.44. The molecule has 0 bridgehead atoms. The Labute approximate surface area is 178 Å². The maximum Gasteiger partial charge on any atom is 0.409 e. The fourth-order valence-corrected chi connectivity index (χ4v) is 4.70. The minimum absolute atomic E-state index is 0.0213. The zero-order valence-electron chi connectivity index (χ0n) is 17.4. The van der Waals surface area contributed by atoms with Crippen LogP contribution in [0.2, 0.25) is 0 Å². The van der Waals surface area contributed by atoms with Crippen molar-refractivity contribution in [3.63, 3.8) is 0 Å². The molecule has 5 nitrogen and oxygen atoms in total. The lowest BCUT2D eigenvalue weighted by Crippen LogP contribution is -2.46. The van der Waals surface area contributed by atoms with Gasteiger partial charge in [-0.2, -0.15) is 0 Å². The molecule has 0 radical (unpaired) electrons. The lowest BCUT2D eigenvalue weighted by atomic mass is 9.72. The van der Waals surface area contributed by atoms with E-state index >= 15 is 0 Å². The number of amides is 1. The van der Waals surface area contributed by atoms with Gasteiger partial charge < -0.3 is 19.5 Å². The van der Waals surface area contributed by atoms with Crippen LogP contribution in [0.4, 0.5) is 4.79 Å². The predicted octanol–water partition coefficient (Wildman–Crippen LogP) is 4.34. The first-order valence-corrected chi connectivity index (χ1v) is 11.0. The van der Waals surface area contributed by atoms with Crippen LogP contribution in [-0.4, -0.2) is 48.5 Å². The monoisotopic (exact) mass is 409 g/mol. The molecule has 0 spiro atoms. The van der Waals surface area contributed by atoms with Crippen molar-refractivity contribution < 1.29 is 19.4 Å². The number of hydrogen-bond acceptors (Lipinski definition) is 4. The molecule has 1 amide bonds. The number of carbonyl (C=O) groups is 1. The van der Waals surface area contributed by atoms with Crippen LogP contribution in [0.15, 0.2) is 60.7 Å². The highest BCUT2D eigenvalue weighted by Gasteiger charge is 2.42. The van der Waals surface area contributed by atoms with Crippen molar-refractivity contribution in [3.8, 4) is 0 Å². The highest BCUT2D eigenvalue weighted by Crippen LogP contribution is 2.41. The summed E-state index contributed by atoms with van der Waals surface area (Å²) in [5.41, 5.74) is 0.715. The molecule has 2 heterocycles. The minimum atomic E-state index is -1.07. The molecule has 2 fully saturated rings. The molecule has 2 aromatic rings. The number of carbonyl (C=O) groups excluding carboxylic acids is 1. The molecule has 2 aliphatic rings. The fraction of sp³-hybridized carbons (Fsp3) is 0.480. The summed E-state index contributed by atoms with van der Waals surface area (Å²) in [6.45, 7) is 2.25. The van der Waals surface area contributed by atoms with Gasteiger partial charge in [0.1, 0.15) is 12.2 Å². The molecule has 1 N–H and O–H groups in total. The second-order valence-electron chi connectivity index (χ2n) is 8.33. The molecule has 4 rings (SSSR count). The number of hydrogen-bond donors (Lipinski definition) is 1. The largest absolute Gasteiger partial charge is 0.447 e. The first-order chi connectivity index (χ1) is 14.7. The lowest BCUT2D eigenvalue weighted by molar-refractivity contribution is -0.0364. The summed E-state index contributed by atoms with van der Waals surface area (Å²) in [6, 6.07) is 19.7. The number of benzene rings is 2. The van der Waals surface area contributed by atoms with E-state index in [0.29, 0.717) is 19.7 Å². The number of aliphatic hydroxyl groups is 1. The molecular weight excluding hydrogens is 378 g/mol. The Balaban J connectivity index is 1.41. The Bertz CT molecular complexity index is 757. The van der Waals surface area contributed by atoms with Crippen LogP contribution in [0.5, 0.6) is 0 Å². The van der Waals surface area contributed by atoms with E-state index in [-0.39, 0.29) is 18.1 Å². The average Bonchev–Trinajstić information content (AvgIpc) is 2.84. The first-order valence-electron chi connectivity index (χ1n) is 11.0. The zero-order valence-corrected chi connectivity index (χ0v) is 17.4. The molecule has 30 heavy (non-hydrogen) atoms. The summed E-state index contributed by atoms with van der Waals surface area (Å²) in [5, 5.41) is 11.9. The summed E-state index contributed by atoms with van der Waals surface area (Å²) >= 11 is 0. The molecule has 0 saturated carbocycles. The average molecular weight is 410 g/mol. The highest BCUT2D eigenvalue weighted by molar-refractivity contribution is 5.67. The Morgan fingerprint density at radius 2 is 1.57 bits per heavy atom. The van der Waals surface area contributed by atoms with E-state index in [1.807, 2.05) is 60.7 Å². The van der Waals surface area contributed by atoms with Gasteiger partial charge in [-0.1, -0.05) is 60.7 Å². The van der Waals surface area contributed by atoms with E-state index in [1.165, 1.54) is 0 Å². The summed E-state index contributed by atoms with van der Waals surface area (Å²) < 4.78 is 11.2. The van der Waals surface area contributed by atoms with Crippen molar-refractivity contribution >= 4 is 6.09 Å². The van der Waals surface area contributed by atoms with Crippen LogP contribution in [0, 0.1) is 5.92 Å².